The third-order valence-corrected chi connectivity index (χ3v) is 2.39. The lowest BCUT2D eigenvalue weighted by molar-refractivity contribution is 0.664. The third-order valence-electron chi connectivity index (χ3n) is 2.39. The minimum atomic E-state index is 0.674. The van der Waals surface area contributed by atoms with E-state index >= 15 is 0 Å². The molecule has 0 aliphatic heterocycles. The van der Waals surface area contributed by atoms with Crippen LogP contribution < -0.4 is 22.1 Å². The molecule has 0 amide bonds. The Balaban J connectivity index is 2.46. The summed E-state index contributed by atoms with van der Waals surface area (Å²) in [6.45, 7) is 4.80. The van der Waals surface area contributed by atoms with Crippen molar-refractivity contribution in [1.82, 2.24) is 10.6 Å². The van der Waals surface area contributed by atoms with Crippen molar-refractivity contribution in [1.29, 1.82) is 0 Å². The minimum absolute atomic E-state index is 0.674. The van der Waals surface area contributed by atoms with Crippen molar-refractivity contribution >= 4 is 0 Å². The molecule has 4 heteroatoms. The average Bonchev–Trinajstić information content (AvgIpc) is 2.32. The van der Waals surface area contributed by atoms with Crippen LogP contribution in [0.4, 0.5) is 0 Å². The molecule has 0 bridgehead atoms. The Hall–Kier alpha value is -0.940. The Kier molecular flexibility index (Phi) is 6.76. The molecule has 0 aliphatic carbocycles. The maximum Gasteiger partial charge on any atom is 0.0209 e. The van der Waals surface area contributed by atoms with Crippen LogP contribution in [0.2, 0.25) is 0 Å². The summed E-state index contributed by atoms with van der Waals surface area (Å²) in [5.74, 6) is 0. The topological polar surface area (TPSA) is 76.1 Å². The first-order valence-corrected chi connectivity index (χ1v) is 5.77. The first kappa shape index (κ1) is 13.1. The summed E-state index contributed by atoms with van der Waals surface area (Å²) in [5, 5.41) is 6.61. The lowest BCUT2D eigenvalue weighted by Crippen LogP contribution is -2.25. The van der Waals surface area contributed by atoms with E-state index in [0.717, 1.165) is 26.2 Å². The summed E-state index contributed by atoms with van der Waals surface area (Å²) >= 11 is 0. The van der Waals surface area contributed by atoms with Crippen molar-refractivity contribution < 1.29 is 0 Å². The molecule has 1 aromatic carbocycles. The Morgan fingerprint density at radius 2 is 1.25 bits per heavy atom. The fourth-order valence-corrected chi connectivity index (χ4v) is 1.55. The van der Waals surface area contributed by atoms with Gasteiger partial charge in [-0.1, -0.05) is 24.3 Å². The van der Waals surface area contributed by atoms with Gasteiger partial charge in [0.25, 0.3) is 0 Å². The number of rotatable bonds is 8. The van der Waals surface area contributed by atoms with Gasteiger partial charge in [-0.15, -0.1) is 0 Å². The zero-order valence-corrected chi connectivity index (χ0v) is 9.71. The zero-order chi connectivity index (χ0) is 11.6. The highest BCUT2D eigenvalue weighted by Crippen LogP contribution is 2.07. The summed E-state index contributed by atoms with van der Waals surface area (Å²) in [4.78, 5) is 0. The van der Waals surface area contributed by atoms with Crippen LogP contribution in [0, 0.1) is 0 Å². The van der Waals surface area contributed by atoms with Crippen LogP contribution >= 0.6 is 0 Å². The van der Waals surface area contributed by atoms with Gasteiger partial charge in [-0.2, -0.15) is 0 Å². The van der Waals surface area contributed by atoms with E-state index in [1.807, 2.05) is 0 Å². The van der Waals surface area contributed by atoms with Crippen LogP contribution in [0.3, 0.4) is 0 Å². The number of hydrogen-bond acceptors (Lipinski definition) is 4. The fraction of sp³-hybridized carbons (Fsp3) is 0.500. The quantitative estimate of drug-likeness (QED) is 0.459. The molecule has 0 saturated heterocycles. The van der Waals surface area contributed by atoms with E-state index in [1.165, 1.54) is 11.1 Å². The summed E-state index contributed by atoms with van der Waals surface area (Å²) in [5.41, 5.74) is 13.5. The highest BCUT2D eigenvalue weighted by atomic mass is 14.9. The lowest BCUT2D eigenvalue weighted by atomic mass is 10.1. The average molecular weight is 222 g/mol. The Morgan fingerprint density at radius 3 is 1.62 bits per heavy atom. The fourth-order valence-electron chi connectivity index (χ4n) is 1.55. The van der Waals surface area contributed by atoms with Gasteiger partial charge >= 0.3 is 0 Å². The van der Waals surface area contributed by atoms with E-state index in [9.17, 15) is 0 Å². The predicted octanol–water partition coefficient (Wildman–Crippen LogP) is -0.217. The van der Waals surface area contributed by atoms with Gasteiger partial charge in [-0.25, -0.2) is 0 Å². The molecule has 1 aromatic rings. The van der Waals surface area contributed by atoms with Crippen LogP contribution in [-0.4, -0.2) is 26.2 Å². The molecule has 0 unspecified atom stereocenters. The van der Waals surface area contributed by atoms with Crippen LogP contribution in [-0.2, 0) is 13.1 Å². The van der Waals surface area contributed by atoms with Gasteiger partial charge in [0.2, 0.25) is 0 Å². The van der Waals surface area contributed by atoms with Gasteiger partial charge in [-0.3, -0.25) is 0 Å². The van der Waals surface area contributed by atoms with E-state index in [0.29, 0.717) is 13.1 Å². The molecule has 0 saturated carbocycles. The third kappa shape index (κ3) is 4.72. The van der Waals surface area contributed by atoms with Gasteiger partial charge in [0.1, 0.15) is 0 Å². The molecule has 0 aromatic heterocycles. The normalized spacial score (nSPS) is 10.6. The highest BCUT2D eigenvalue weighted by Gasteiger charge is 2.00. The van der Waals surface area contributed by atoms with Crippen molar-refractivity contribution in [2.24, 2.45) is 11.5 Å². The highest BCUT2D eigenvalue weighted by molar-refractivity contribution is 5.26. The summed E-state index contributed by atoms with van der Waals surface area (Å²) in [6.07, 6.45) is 0. The molecule has 16 heavy (non-hydrogen) atoms. The minimum Gasteiger partial charge on any atom is -0.329 e. The van der Waals surface area contributed by atoms with Crippen molar-refractivity contribution in [3.63, 3.8) is 0 Å². The number of hydrogen-bond donors (Lipinski definition) is 4. The van der Waals surface area contributed by atoms with Crippen molar-refractivity contribution in [3.8, 4) is 0 Å². The van der Waals surface area contributed by atoms with Gasteiger partial charge in [0.15, 0.2) is 0 Å². The predicted molar refractivity (Wildman–Crippen MR) is 68.0 cm³/mol. The van der Waals surface area contributed by atoms with Gasteiger partial charge < -0.3 is 22.1 Å². The Bertz CT molecular complexity index is 259. The molecule has 0 atom stereocenters. The SMILES string of the molecule is NCCNCc1ccccc1CNCCN. The van der Waals surface area contributed by atoms with E-state index in [-0.39, 0.29) is 0 Å². The van der Waals surface area contributed by atoms with Gasteiger partial charge in [-0.05, 0) is 11.1 Å². The van der Waals surface area contributed by atoms with Crippen molar-refractivity contribution in [3.05, 3.63) is 35.4 Å². The second-order valence-corrected chi connectivity index (χ2v) is 3.70. The van der Waals surface area contributed by atoms with Crippen LogP contribution in [0.15, 0.2) is 24.3 Å². The molecular weight excluding hydrogens is 200 g/mol. The molecule has 0 fully saturated rings. The van der Waals surface area contributed by atoms with E-state index in [2.05, 4.69) is 34.9 Å². The van der Waals surface area contributed by atoms with Gasteiger partial charge in [0.05, 0.1) is 0 Å². The van der Waals surface area contributed by atoms with Crippen molar-refractivity contribution in [2.45, 2.75) is 13.1 Å². The second-order valence-electron chi connectivity index (χ2n) is 3.70. The standard InChI is InChI=1S/C12H22N4/c13-5-7-15-9-11-3-1-2-4-12(11)10-16-8-6-14/h1-4,15-16H,5-10,13-14H2. The maximum absolute atomic E-state index is 5.44. The number of nitrogens with two attached hydrogens (primary N) is 2. The first-order valence-electron chi connectivity index (χ1n) is 5.77. The van der Waals surface area contributed by atoms with Crippen LogP contribution in [0.1, 0.15) is 11.1 Å². The second kappa shape index (κ2) is 8.24. The monoisotopic (exact) mass is 222 g/mol. The molecular formula is C12H22N4. The van der Waals surface area contributed by atoms with Crippen molar-refractivity contribution in [2.75, 3.05) is 26.2 Å². The largest absolute Gasteiger partial charge is 0.329 e. The maximum atomic E-state index is 5.44. The molecule has 0 heterocycles. The zero-order valence-electron chi connectivity index (χ0n) is 9.71. The van der Waals surface area contributed by atoms with Crippen LogP contribution in [0.25, 0.3) is 0 Å². The van der Waals surface area contributed by atoms with Gasteiger partial charge in [0, 0.05) is 39.3 Å². The number of nitrogens with one attached hydrogen (secondary N) is 2. The molecule has 0 radical (unpaired) electrons. The first-order chi connectivity index (χ1) is 7.88. The molecule has 90 valence electrons. The molecule has 0 aliphatic rings. The smallest absolute Gasteiger partial charge is 0.0209 e. The molecule has 0 spiro atoms. The molecule has 4 nitrogen and oxygen atoms in total. The molecule has 1 rings (SSSR count). The summed E-state index contributed by atoms with van der Waals surface area (Å²) in [6, 6.07) is 8.41. The number of benzene rings is 1. The van der Waals surface area contributed by atoms with E-state index in [4.69, 9.17) is 11.5 Å². The van der Waals surface area contributed by atoms with Crippen LogP contribution in [0.5, 0.6) is 0 Å². The Morgan fingerprint density at radius 1 is 0.812 bits per heavy atom. The van der Waals surface area contributed by atoms with E-state index < -0.39 is 0 Å². The lowest BCUT2D eigenvalue weighted by Gasteiger charge is -2.10. The summed E-state index contributed by atoms with van der Waals surface area (Å²) < 4.78 is 0. The van der Waals surface area contributed by atoms with E-state index in [1.54, 1.807) is 0 Å². The molecule has 6 N–H and O–H groups in total. The Labute approximate surface area is 97.4 Å². The summed E-state index contributed by atoms with van der Waals surface area (Å²) in [7, 11) is 0.